The fourth-order valence-corrected chi connectivity index (χ4v) is 2.15. The van der Waals surface area contributed by atoms with Crippen molar-refractivity contribution < 1.29 is 14.3 Å². The standard InChI is InChI=1S/C13H9ClN4O3/c1-7(19)21-13-11-10(15-4-5-16-11)12(20)18(13)9-3-2-8(14)6-17-9/h2-6,13H,1H3. The Morgan fingerprint density at radius 2 is 2.05 bits per heavy atom. The highest BCUT2D eigenvalue weighted by atomic mass is 35.5. The highest BCUT2D eigenvalue weighted by Crippen LogP contribution is 2.35. The molecular weight excluding hydrogens is 296 g/mol. The summed E-state index contributed by atoms with van der Waals surface area (Å²) in [6, 6.07) is 3.15. The molecule has 0 fully saturated rings. The maximum Gasteiger partial charge on any atom is 0.304 e. The molecule has 2 aromatic rings. The van der Waals surface area contributed by atoms with Gasteiger partial charge in [-0.25, -0.2) is 14.9 Å². The molecule has 0 bridgehead atoms. The molecule has 1 atom stereocenters. The highest BCUT2D eigenvalue weighted by molar-refractivity contribution is 6.30. The lowest BCUT2D eigenvalue weighted by Gasteiger charge is -2.22. The Kier molecular flexibility index (Phi) is 3.26. The summed E-state index contributed by atoms with van der Waals surface area (Å²) in [7, 11) is 0. The second kappa shape index (κ2) is 5.10. The number of fused-ring (bicyclic) bond motifs is 1. The largest absolute Gasteiger partial charge is 0.435 e. The SMILES string of the molecule is CC(=O)OC1c2nccnc2C(=O)N1c1ccc(Cl)cn1. The predicted octanol–water partition coefficient (Wildman–Crippen LogP) is 1.75. The van der Waals surface area contributed by atoms with Crippen molar-refractivity contribution in [2.75, 3.05) is 4.90 Å². The van der Waals surface area contributed by atoms with Crippen LogP contribution in [-0.4, -0.2) is 26.8 Å². The van der Waals surface area contributed by atoms with Gasteiger partial charge in [0.05, 0.1) is 5.02 Å². The number of rotatable bonds is 2. The summed E-state index contributed by atoms with van der Waals surface area (Å²) < 4.78 is 5.20. The van der Waals surface area contributed by atoms with Gasteiger partial charge in [0.15, 0.2) is 5.69 Å². The first-order valence-electron chi connectivity index (χ1n) is 6.01. The van der Waals surface area contributed by atoms with E-state index in [4.69, 9.17) is 16.3 Å². The topological polar surface area (TPSA) is 85.3 Å². The number of halogens is 1. The number of carbonyl (C=O) groups excluding carboxylic acids is 2. The molecule has 1 unspecified atom stereocenters. The molecule has 106 valence electrons. The molecule has 0 aromatic carbocycles. The minimum absolute atomic E-state index is 0.139. The smallest absolute Gasteiger partial charge is 0.304 e. The zero-order valence-electron chi connectivity index (χ0n) is 10.9. The van der Waals surface area contributed by atoms with Gasteiger partial charge in [0.2, 0.25) is 6.23 Å². The summed E-state index contributed by atoms with van der Waals surface area (Å²) in [4.78, 5) is 37.1. The maximum absolute atomic E-state index is 12.4. The second-order valence-corrected chi connectivity index (χ2v) is 4.70. The number of amides is 1. The minimum Gasteiger partial charge on any atom is -0.435 e. The molecule has 0 saturated carbocycles. The molecule has 0 aliphatic carbocycles. The number of anilines is 1. The molecule has 8 heteroatoms. The monoisotopic (exact) mass is 304 g/mol. The van der Waals surface area contributed by atoms with Crippen LogP contribution in [-0.2, 0) is 9.53 Å². The van der Waals surface area contributed by atoms with E-state index in [-0.39, 0.29) is 11.4 Å². The minimum atomic E-state index is -0.979. The van der Waals surface area contributed by atoms with Gasteiger partial charge in [-0.2, -0.15) is 0 Å². The number of aromatic nitrogens is 3. The van der Waals surface area contributed by atoms with Gasteiger partial charge in [-0.3, -0.25) is 14.6 Å². The third-order valence-electron chi connectivity index (χ3n) is 2.85. The summed E-state index contributed by atoms with van der Waals surface area (Å²) in [6.07, 6.45) is 3.26. The van der Waals surface area contributed by atoms with E-state index in [2.05, 4.69) is 15.0 Å². The lowest BCUT2D eigenvalue weighted by molar-refractivity contribution is -0.146. The van der Waals surface area contributed by atoms with Crippen LogP contribution in [0.25, 0.3) is 0 Å². The first-order valence-corrected chi connectivity index (χ1v) is 6.39. The van der Waals surface area contributed by atoms with E-state index >= 15 is 0 Å². The van der Waals surface area contributed by atoms with Crippen LogP contribution in [0.2, 0.25) is 5.02 Å². The van der Waals surface area contributed by atoms with Crippen molar-refractivity contribution in [1.29, 1.82) is 0 Å². The van der Waals surface area contributed by atoms with E-state index < -0.39 is 18.1 Å². The van der Waals surface area contributed by atoms with Crippen LogP contribution in [0.15, 0.2) is 30.7 Å². The third kappa shape index (κ3) is 2.31. The van der Waals surface area contributed by atoms with Crippen LogP contribution in [0.5, 0.6) is 0 Å². The van der Waals surface area contributed by atoms with Gasteiger partial charge in [-0.15, -0.1) is 0 Å². The zero-order valence-corrected chi connectivity index (χ0v) is 11.6. The summed E-state index contributed by atoms with van der Waals surface area (Å²) in [5.74, 6) is -0.667. The Balaban J connectivity index is 2.08. The van der Waals surface area contributed by atoms with Gasteiger partial charge in [0.1, 0.15) is 11.5 Å². The molecule has 0 radical (unpaired) electrons. The Morgan fingerprint density at radius 1 is 1.29 bits per heavy atom. The molecule has 1 amide bonds. The van der Waals surface area contributed by atoms with Crippen LogP contribution in [0.3, 0.4) is 0 Å². The predicted molar refractivity (Wildman–Crippen MR) is 72.6 cm³/mol. The Bertz CT molecular complexity index is 720. The lowest BCUT2D eigenvalue weighted by atomic mass is 10.3. The van der Waals surface area contributed by atoms with Crippen molar-refractivity contribution in [3.05, 3.63) is 47.1 Å². The molecule has 0 spiro atoms. The molecule has 7 nitrogen and oxygen atoms in total. The van der Waals surface area contributed by atoms with Crippen molar-refractivity contribution in [2.45, 2.75) is 13.2 Å². The van der Waals surface area contributed by atoms with Crippen LogP contribution in [0, 0.1) is 0 Å². The normalized spacial score (nSPS) is 16.8. The molecule has 21 heavy (non-hydrogen) atoms. The van der Waals surface area contributed by atoms with Gasteiger partial charge >= 0.3 is 5.97 Å². The number of hydrogen-bond acceptors (Lipinski definition) is 6. The molecular formula is C13H9ClN4O3. The number of nitrogens with zero attached hydrogens (tertiary/aromatic N) is 4. The van der Waals surface area contributed by atoms with E-state index in [1.54, 1.807) is 12.1 Å². The van der Waals surface area contributed by atoms with Crippen LogP contribution in [0.1, 0.15) is 29.3 Å². The van der Waals surface area contributed by atoms with Crippen molar-refractivity contribution in [2.24, 2.45) is 0 Å². The second-order valence-electron chi connectivity index (χ2n) is 4.26. The van der Waals surface area contributed by atoms with Gasteiger partial charge < -0.3 is 4.74 Å². The van der Waals surface area contributed by atoms with E-state index in [0.29, 0.717) is 10.8 Å². The molecule has 1 aliphatic rings. The Labute approximate surface area is 124 Å². The van der Waals surface area contributed by atoms with E-state index in [9.17, 15) is 9.59 Å². The average molecular weight is 305 g/mol. The van der Waals surface area contributed by atoms with Crippen molar-refractivity contribution in [1.82, 2.24) is 15.0 Å². The summed E-state index contributed by atoms with van der Waals surface area (Å²) in [5.41, 5.74) is 0.426. The zero-order chi connectivity index (χ0) is 15.0. The average Bonchev–Trinajstić information content (AvgIpc) is 2.73. The quantitative estimate of drug-likeness (QED) is 0.786. The van der Waals surface area contributed by atoms with Gasteiger partial charge in [0.25, 0.3) is 5.91 Å². The third-order valence-corrected chi connectivity index (χ3v) is 3.08. The number of carbonyl (C=O) groups is 2. The Hall–Kier alpha value is -2.54. The van der Waals surface area contributed by atoms with Crippen molar-refractivity contribution >= 4 is 29.3 Å². The number of pyridine rings is 1. The summed E-state index contributed by atoms with van der Waals surface area (Å²) in [5, 5.41) is 0.434. The lowest BCUT2D eigenvalue weighted by Crippen LogP contribution is -2.31. The number of ether oxygens (including phenoxy) is 1. The van der Waals surface area contributed by atoms with Gasteiger partial charge in [0, 0.05) is 25.5 Å². The van der Waals surface area contributed by atoms with Crippen molar-refractivity contribution in [3.63, 3.8) is 0 Å². The van der Waals surface area contributed by atoms with Crippen LogP contribution >= 0.6 is 11.6 Å². The number of hydrogen-bond donors (Lipinski definition) is 0. The summed E-state index contributed by atoms with van der Waals surface area (Å²) >= 11 is 5.79. The molecule has 3 rings (SSSR count). The van der Waals surface area contributed by atoms with E-state index in [1.807, 2.05) is 0 Å². The first-order chi connectivity index (χ1) is 10.1. The fourth-order valence-electron chi connectivity index (χ4n) is 2.04. The molecule has 0 N–H and O–H groups in total. The molecule has 0 saturated heterocycles. The maximum atomic E-state index is 12.4. The van der Waals surface area contributed by atoms with E-state index in [1.165, 1.54) is 30.4 Å². The fraction of sp³-hybridized carbons (Fsp3) is 0.154. The molecule has 2 aromatic heterocycles. The molecule has 3 heterocycles. The van der Waals surface area contributed by atoms with Gasteiger partial charge in [-0.1, -0.05) is 11.6 Å². The van der Waals surface area contributed by atoms with Crippen molar-refractivity contribution in [3.8, 4) is 0 Å². The van der Waals surface area contributed by atoms with Gasteiger partial charge in [-0.05, 0) is 12.1 Å². The summed E-state index contributed by atoms with van der Waals surface area (Å²) in [6.45, 7) is 1.26. The molecule has 1 aliphatic heterocycles. The highest BCUT2D eigenvalue weighted by Gasteiger charge is 2.43. The van der Waals surface area contributed by atoms with Crippen LogP contribution in [0.4, 0.5) is 5.82 Å². The number of esters is 1. The van der Waals surface area contributed by atoms with Crippen LogP contribution < -0.4 is 4.90 Å². The first kappa shape index (κ1) is 13.4. The Morgan fingerprint density at radius 3 is 2.71 bits per heavy atom. The van der Waals surface area contributed by atoms with E-state index in [0.717, 1.165) is 0 Å².